The van der Waals surface area contributed by atoms with Crippen LogP contribution in [0.5, 0.6) is 0 Å². The summed E-state index contributed by atoms with van der Waals surface area (Å²) in [7, 11) is 3.76. The highest BCUT2D eigenvalue weighted by atomic mass is 32.1. The van der Waals surface area contributed by atoms with Crippen LogP contribution in [-0.4, -0.2) is 30.8 Å². The molecule has 0 amide bonds. The summed E-state index contributed by atoms with van der Waals surface area (Å²) in [6, 6.07) is 0. The Morgan fingerprint density at radius 3 is 2.67 bits per heavy atom. The topological polar surface area (TPSA) is 12.5 Å². The second-order valence-electron chi connectivity index (χ2n) is 2.79. The molecule has 0 rings (SSSR count). The van der Waals surface area contributed by atoms with E-state index < -0.39 is 0 Å². The van der Waals surface area contributed by atoms with Gasteiger partial charge in [0.25, 0.3) is 5.17 Å². The monoisotopic (exact) mass is 187 g/mol. The van der Waals surface area contributed by atoms with Crippen molar-refractivity contribution in [3.8, 4) is 0 Å². The minimum Gasteiger partial charge on any atom is -0.471 e. The van der Waals surface area contributed by atoms with Gasteiger partial charge < -0.3 is 9.64 Å². The van der Waals surface area contributed by atoms with Gasteiger partial charge in [-0.25, -0.2) is 0 Å². The van der Waals surface area contributed by atoms with E-state index in [1.165, 1.54) is 0 Å². The number of hydrogen-bond acceptors (Lipinski definition) is 2. The average molecular weight is 187 g/mol. The summed E-state index contributed by atoms with van der Waals surface area (Å²) in [5.74, 6) is 0. The smallest absolute Gasteiger partial charge is 0.258 e. The quantitative estimate of drug-likeness (QED) is 0.372. The normalized spacial score (nSPS) is 9.17. The molecule has 0 N–H and O–H groups in total. The zero-order valence-electron chi connectivity index (χ0n) is 7.88. The van der Waals surface area contributed by atoms with E-state index in [9.17, 15) is 0 Å². The fourth-order valence-electron chi connectivity index (χ4n) is 0.679. The molecule has 3 heteroatoms. The molecule has 0 radical (unpaired) electrons. The van der Waals surface area contributed by atoms with E-state index in [1.807, 2.05) is 20.2 Å². The molecule has 0 aliphatic heterocycles. The predicted octanol–water partition coefficient (Wildman–Crippen LogP) is 2.21. The second-order valence-corrected chi connectivity index (χ2v) is 3.14. The highest BCUT2D eigenvalue weighted by Crippen LogP contribution is 1.97. The van der Waals surface area contributed by atoms with E-state index in [4.69, 9.17) is 17.0 Å². The summed E-state index contributed by atoms with van der Waals surface area (Å²) in [5, 5.41) is 0.564. The van der Waals surface area contributed by atoms with Gasteiger partial charge in [-0.05, 0) is 31.5 Å². The lowest BCUT2D eigenvalue weighted by molar-refractivity contribution is 0.262. The molecule has 0 aromatic rings. The van der Waals surface area contributed by atoms with Gasteiger partial charge in [0, 0.05) is 14.1 Å². The first-order chi connectivity index (χ1) is 5.68. The van der Waals surface area contributed by atoms with Crippen molar-refractivity contribution >= 4 is 17.4 Å². The third-order valence-corrected chi connectivity index (χ3v) is 1.88. The number of thiocarbonyl (C=S) groups is 1. The number of unbranched alkanes of at least 4 members (excludes halogenated alkanes) is 2. The Morgan fingerprint density at radius 1 is 1.50 bits per heavy atom. The van der Waals surface area contributed by atoms with Gasteiger partial charge in [0.05, 0.1) is 6.61 Å². The van der Waals surface area contributed by atoms with Crippen LogP contribution < -0.4 is 0 Å². The van der Waals surface area contributed by atoms with Crippen molar-refractivity contribution in [2.24, 2.45) is 0 Å². The number of hydrogen-bond donors (Lipinski definition) is 0. The van der Waals surface area contributed by atoms with Gasteiger partial charge in [-0.3, -0.25) is 0 Å². The van der Waals surface area contributed by atoms with E-state index in [-0.39, 0.29) is 0 Å². The summed E-state index contributed by atoms with van der Waals surface area (Å²) < 4.78 is 5.27. The summed E-state index contributed by atoms with van der Waals surface area (Å²) in [4.78, 5) is 1.79. The number of allylic oxidation sites excluding steroid dienone is 1. The maximum atomic E-state index is 5.27. The highest BCUT2D eigenvalue weighted by molar-refractivity contribution is 7.80. The van der Waals surface area contributed by atoms with Crippen molar-refractivity contribution < 1.29 is 4.74 Å². The summed E-state index contributed by atoms with van der Waals surface area (Å²) in [6.07, 6.45) is 5.14. The van der Waals surface area contributed by atoms with Crippen molar-refractivity contribution in [2.45, 2.75) is 19.3 Å². The number of nitrogens with zero attached hydrogens (tertiary/aromatic N) is 1. The Labute approximate surface area is 80.2 Å². The molecule has 0 fully saturated rings. The lowest BCUT2D eigenvalue weighted by Gasteiger charge is -2.13. The molecule has 0 atom stereocenters. The lowest BCUT2D eigenvalue weighted by Crippen LogP contribution is -2.22. The van der Waals surface area contributed by atoms with Crippen LogP contribution in [-0.2, 0) is 4.74 Å². The van der Waals surface area contributed by atoms with Crippen molar-refractivity contribution in [1.82, 2.24) is 4.90 Å². The van der Waals surface area contributed by atoms with Crippen LogP contribution in [0.4, 0.5) is 0 Å². The summed E-state index contributed by atoms with van der Waals surface area (Å²) in [6.45, 7) is 4.36. The molecule has 12 heavy (non-hydrogen) atoms. The first-order valence-electron chi connectivity index (χ1n) is 4.13. The van der Waals surface area contributed by atoms with Crippen LogP contribution in [0.2, 0.25) is 0 Å². The fourth-order valence-corrected chi connectivity index (χ4v) is 0.763. The van der Waals surface area contributed by atoms with Crippen LogP contribution in [0.25, 0.3) is 0 Å². The molecule has 0 spiro atoms. The van der Waals surface area contributed by atoms with Gasteiger partial charge in [0.15, 0.2) is 0 Å². The van der Waals surface area contributed by atoms with Crippen LogP contribution in [0, 0.1) is 0 Å². The Kier molecular flexibility index (Phi) is 6.76. The summed E-state index contributed by atoms with van der Waals surface area (Å²) in [5.41, 5.74) is 0. The van der Waals surface area contributed by atoms with E-state index in [0.717, 1.165) is 19.3 Å². The van der Waals surface area contributed by atoms with Gasteiger partial charge in [-0.1, -0.05) is 6.08 Å². The zero-order valence-corrected chi connectivity index (χ0v) is 8.69. The molecule has 0 saturated carbocycles. The third kappa shape index (κ3) is 6.16. The fraction of sp³-hybridized carbons (Fsp3) is 0.667. The van der Waals surface area contributed by atoms with Crippen LogP contribution in [0.3, 0.4) is 0 Å². The first-order valence-corrected chi connectivity index (χ1v) is 4.54. The van der Waals surface area contributed by atoms with Gasteiger partial charge in [0.1, 0.15) is 0 Å². The summed E-state index contributed by atoms with van der Waals surface area (Å²) >= 11 is 4.94. The first kappa shape index (κ1) is 11.4. The van der Waals surface area contributed by atoms with Crippen LogP contribution >= 0.6 is 12.2 Å². The molecule has 0 heterocycles. The van der Waals surface area contributed by atoms with Gasteiger partial charge in [-0.15, -0.1) is 6.58 Å². The van der Waals surface area contributed by atoms with E-state index in [0.29, 0.717) is 11.8 Å². The molecule has 0 aliphatic rings. The highest BCUT2D eigenvalue weighted by Gasteiger charge is 1.97. The third-order valence-electron chi connectivity index (χ3n) is 1.39. The number of rotatable bonds is 5. The lowest BCUT2D eigenvalue weighted by atomic mass is 10.2. The molecule has 0 unspecified atom stereocenters. The van der Waals surface area contributed by atoms with Crippen LogP contribution in [0.1, 0.15) is 19.3 Å². The van der Waals surface area contributed by atoms with Gasteiger partial charge in [-0.2, -0.15) is 0 Å². The van der Waals surface area contributed by atoms with Gasteiger partial charge >= 0.3 is 0 Å². The molecule has 0 saturated heterocycles. The second kappa shape index (κ2) is 7.10. The maximum absolute atomic E-state index is 5.27. The largest absolute Gasteiger partial charge is 0.471 e. The molecule has 0 aliphatic carbocycles. The Morgan fingerprint density at radius 2 is 2.17 bits per heavy atom. The molecule has 0 aromatic heterocycles. The van der Waals surface area contributed by atoms with Crippen LogP contribution in [0.15, 0.2) is 12.7 Å². The molecular weight excluding hydrogens is 170 g/mol. The Balaban J connectivity index is 3.19. The standard InChI is InChI=1S/C9H17NOS/c1-4-5-6-7-8-11-9(12)10(2)3/h4H,1,5-8H2,2-3H3. The van der Waals surface area contributed by atoms with Crippen molar-refractivity contribution in [1.29, 1.82) is 0 Å². The molecule has 0 bridgehead atoms. The minimum absolute atomic E-state index is 0.564. The molecule has 70 valence electrons. The van der Waals surface area contributed by atoms with Crippen molar-refractivity contribution in [3.63, 3.8) is 0 Å². The predicted molar refractivity (Wildman–Crippen MR) is 56.3 cm³/mol. The Bertz CT molecular complexity index is 145. The van der Waals surface area contributed by atoms with Crippen molar-refractivity contribution in [3.05, 3.63) is 12.7 Å². The zero-order chi connectivity index (χ0) is 9.40. The SMILES string of the molecule is C=CCCCCOC(=S)N(C)C. The van der Waals surface area contributed by atoms with E-state index >= 15 is 0 Å². The van der Waals surface area contributed by atoms with E-state index in [1.54, 1.807) is 4.90 Å². The van der Waals surface area contributed by atoms with E-state index in [2.05, 4.69) is 6.58 Å². The maximum Gasteiger partial charge on any atom is 0.258 e. The van der Waals surface area contributed by atoms with Gasteiger partial charge in [0.2, 0.25) is 0 Å². The van der Waals surface area contributed by atoms with Crippen molar-refractivity contribution in [2.75, 3.05) is 20.7 Å². The molecule has 0 aromatic carbocycles. The molecular formula is C9H17NOS. The average Bonchev–Trinajstić information content (AvgIpc) is 2.03. The minimum atomic E-state index is 0.564. The Hall–Kier alpha value is -0.570. The molecule has 2 nitrogen and oxygen atoms in total. The number of ether oxygens (including phenoxy) is 1.